The summed E-state index contributed by atoms with van der Waals surface area (Å²) in [6, 6.07) is 44.3. The summed E-state index contributed by atoms with van der Waals surface area (Å²) in [7, 11) is -1.69. The second-order valence-electron chi connectivity index (χ2n) is 7.13. The van der Waals surface area contributed by atoms with E-state index in [2.05, 4.69) is 121 Å². The highest BCUT2D eigenvalue weighted by Crippen LogP contribution is 2.55. The first-order valence-electron chi connectivity index (χ1n) is 9.98. The van der Waals surface area contributed by atoms with Gasteiger partial charge in [-0.25, -0.2) is 0 Å². The molecule has 0 spiro atoms. The van der Waals surface area contributed by atoms with E-state index in [0.717, 1.165) is 6.42 Å². The van der Waals surface area contributed by atoms with E-state index in [9.17, 15) is 0 Å². The van der Waals surface area contributed by atoms with Gasteiger partial charge >= 0.3 is 0 Å². The highest BCUT2D eigenvalue weighted by molar-refractivity contribution is 7.95. The van der Waals surface area contributed by atoms with Crippen molar-refractivity contribution in [2.24, 2.45) is 0 Å². The van der Waals surface area contributed by atoms with Gasteiger partial charge in [-0.2, -0.15) is 0 Å². The van der Waals surface area contributed by atoms with Gasteiger partial charge in [0.2, 0.25) is 0 Å². The zero-order valence-electron chi connectivity index (χ0n) is 16.5. The van der Waals surface area contributed by atoms with Gasteiger partial charge < -0.3 is 17.0 Å². The minimum atomic E-state index is -1.69. The predicted molar refractivity (Wildman–Crippen MR) is 125 cm³/mol. The quantitative estimate of drug-likeness (QED) is 0.372. The van der Waals surface area contributed by atoms with Crippen molar-refractivity contribution in [1.29, 1.82) is 0 Å². The van der Waals surface area contributed by atoms with Crippen LogP contribution in [0.5, 0.6) is 0 Å². The molecule has 0 amide bonds. The molecule has 0 saturated carbocycles. The Kier molecular flexibility index (Phi) is 7.81. The van der Waals surface area contributed by atoms with E-state index in [1.165, 1.54) is 34.1 Å². The van der Waals surface area contributed by atoms with Crippen LogP contribution in [0.4, 0.5) is 0 Å². The average molecular weight is 461 g/mol. The van der Waals surface area contributed by atoms with Crippen LogP contribution in [0.1, 0.15) is 12.0 Å². The third-order valence-corrected chi connectivity index (χ3v) is 9.92. The van der Waals surface area contributed by atoms with Gasteiger partial charge in [-0.3, -0.25) is 0 Å². The Morgan fingerprint density at radius 1 is 0.448 bits per heavy atom. The standard InChI is InChI=1S/C27H26P.BrH/c1-5-14-24(15-6-1)16-13-23-28(25-17-7-2-8-18-25,26-19-9-3-10-20-26)27-21-11-4-12-22-27;/h1-12,14-15,17-22H,13,16,23H2;1H/p-1. The third kappa shape index (κ3) is 4.86. The molecule has 0 atom stereocenters. The van der Waals surface area contributed by atoms with E-state index < -0.39 is 7.26 Å². The molecule has 0 aliphatic rings. The van der Waals surface area contributed by atoms with Crippen molar-refractivity contribution in [3.8, 4) is 0 Å². The van der Waals surface area contributed by atoms with Crippen LogP contribution in [0.25, 0.3) is 0 Å². The zero-order valence-corrected chi connectivity index (χ0v) is 19.0. The highest BCUT2D eigenvalue weighted by atomic mass is 79.9. The molecule has 0 bridgehead atoms. The Labute approximate surface area is 185 Å². The fraction of sp³-hybridized carbons (Fsp3) is 0.111. The van der Waals surface area contributed by atoms with Crippen molar-refractivity contribution in [3.63, 3.8) is 0 Å². The molecule has 0 nitrogen and oxygen atoms in total. The first-order valence-corrected chi connectivity index (χ1v) is 12.0. The summed E-state index contributed by atoms with van der Waals surface area (Å²) in [5, 5.41) is 4.42. The van der Waals surface area contributed by atoms with Gasteiger partial charge in [-0.15, -0.1) is 0 Å². The van der Waals surface area contributed by atoms with Gasteiger partial charge in [0.25, 0.3) is 0 Å². The molecular formula is C27H26BrP-. The van der Waals surface area contributed by atoms with E-state index in [-0.39, 0.29) is 17.0 Å². The number of aryl methyl sites for hydroxylation is 1. The molecule has 0 N–H and O–H groups in total. The molecular weight excluding hydrogens is 435 g/mol. The SMILES string of the molecule is [Br-].c1ccc(CCC[P](c2ccccc2)(c2ccccc2)c2ccccc2)cc1. The average Bonchev–Trinajstić information content (AvgIpc) is 2.79. The van der Waals surface area contributed by atoms with Crippen LogP contribution >= 0.6 is 7.26 Å². The molecule has 0 aliphatic heterocycles. The molecule has 4 aromatic carbocycles. The lowest BCUT2D eigenvalue weighted by Gasteiger charge is -2.38. The minimum absolute atomic E-state index is 0. The van der Waals surface area contributed by atoms with Crippen LogP contribution in [-0.2, 0) is 6.42 Å². The van der Waals surface area contributed by atoms with Crippen molar-refractivity contribution >= 4 is 23.2 Å². The Balaban J connectivity index is 0.00000240. The summed E-state index contributed by atoms with van der Waals surface area (Å²) in [5.74, 6) is 0. The van der Waals surface area contributed by atoms with Crippen molar-refractivity contribution in [1.82, 2.24) is 0 Å². The topological polar surface area (TPSA) is 0 Å². The Morgan fingerprint density at radius 2 is 0.793 bits per heavy atom. The summed E-state index contributed by atoms with van der Waals surface area (Å²) >= 11 is 0. The maximum Gasteiger partial charge on any atom is -0.0196 e. The highest BCUT2D eigenvalue weighted by Gasteiger charge is 2.33. The maximum atomic E-state index is 2.33. The number of halogens is 1. The van der Waals surface area contributed by atoms with E-state index in [1.54, 1.807) is 0 Å². The monoisotopic (exact) mass is 460 g/mol. The second kappa shape index (κ2) is 10.5. The normalized spacial score (nSPS) is 10.9. The maximum absolute atomic E-state index is 2.33. The van der Waals surface area contributed by atoms with Crippen molar-refractivity contribution in [2.75, 3.05) is 6.16 Å². The first kappa shape index (κ1) is 21.5. The molecule has 4 rings (SSSR count). The van der Waals surface area contributed by atoms with Crippen LogP contribution in [0.3, 0.4) is 0 Å². The molecule has 0 unspecified atom stereocenters. The number of hydrogen-bond acceptors (Lipinski definition) is 0. The largest absolute Gasteiger partial charge is 1.00 e. The van der Waals surface area contributed by atoms with Gasteiger partial charge in [0.1, 0.15) is 0 Å². The number of rotatable bonds is 7. The van der Waals surface area contributed by atoms with Crippen molar-refractivity contribution in [2.45, 2.75) is 12.8 Å². The van der Waals surface area contributed by atoms with E-state index in [0.29, 0.717) is 0 Å². The van der Waals surface area contributed by atoms with Crippen LogP contribution in [0.2, 0.25) is 0 Å². The van der Waals surface area contributed by atoms with E-state index >= 15 is 0 Å². The van der Waals surface area contributed by atoms with Crippen LogP contribution < -0.4 is 32.9 Å². The van der Waals surface area contributed by atoms with E-state index in [4.69, 9.17) is 0 Å². The molecule has 4 aromatic rings. The van der Waals surface area contributed by atoms with E-state index in [1.807, 2.05) is 0 Å². The van der Waals surface area contributed by atoms with Crippen molar-refractivity contribution in [3.05, 3.63) is 127 Å². The van der Waals surface area contributed by atoms with Gasteiger partial charge in [0.15, 0.2) is 0 Å². The van der Waals surface area contributed by atoms with Gasteiger partial charge in [0.05, 0.1) is 0 Å². The minimum Gasteiger partial charge on any atom is -1.00 e. The third-order valence-electron chi connectivity index (χ3n) is 5.39. The Hall–Kier alpha value is -2.21. The summed E-state index contributed by atoms with van der Waals surface area (Å²) in [6.07, 6.45) is 3.48. The Bertz CT molecular complexity index is 873. The number of hydrogen-bond donors (Lipinski definition) is 0. The lowest BCUT2D eigenvalue weighted by molar-refractivity contribution is -0.00000543. The first-order chi connectivity index (χ1) is 13.9. The zero-order chi connectivity index (χ0) is 19.1. The van der Waals surface area contributed by atoms with Gasteiger partial charge in [0, 0.05) is 0 Å². The Morgan fingerprint density at radius 3 is 1.17 bits per heavy atom. The summed E-state index contributed by atoms with van der Waals surface area (Å²) in [4.78, 5) is 0. The van der Waals surface area contributed by atoms with Crippen molar-refractivity contribution < 1.29 is 17.0 Å². The molecule has 0 aromatic heterocycles. The molecule has 0 saturated heterocycles. The molecule has 0 heterocycles. The molecule has 0 aliphatic carbocycles. The van der Waals surface area contributed by atoms with Crippen LogP contribution in [-0.4, -0.2) is 6.16 Å². The van der Waals surface area contributed by atoms with Gasteiger partial charge in [-0.1, -0.05) is 121 Å². The van der Waals surface area contributed by atoms with Crippen LogP contribution in [0.15, 0.2) is 121 Å². The molecule has 1 radical (unpaired) electrons. The molecule has 0 fully saturated rings. The predicted octanol–water partition coefficient (Wildman–Crippen LogP) is 2.62. The summed E-state index contributed by atoms with van der Waals surface area (Å²) < 4.78 is 0. The summed E-state index contributed by atoms with van der Waals surface area (Å²) in [5.41, 5.74) is 1.43. The molecule has 147 valence electrons. The second-order valence-corrected chi connectivity index (χ2v) is 10.7. The molecule has 29 heavy (non-hydrogen) atoms. The summed E-state index contributed by atoms with van der Waals surface area (Å²) in [6.45, 7) is 0. The smallest absolute Gasteiger partial charge is 0.0196 e. The van der Waals surface area contributed by atoms with Gasteiger partial charge in [-0.05, 0) is 47.7 Å². The lowest BCUT2D eigenvalue weighted by Crippen LogP contribution is -3.00. The number of benzene rings is 4. The fourth-order valence-corrected chi connectivity index (χ4v) is 8.39. The van der Waals surface area contributed by atoms with Crippen LogP contribution in [0, 0.1) is 0 Å². The fourth-order valence-electron chi connectivity index (χ4n) is 4.05. The molecule has 2 heteroatoms. The lowest BCUT2D eigenvalue weighted by atomic mass is 10.1.